The average molecular weight is 336 g/mol. The number of hydrogen-bond donors (Lipinski definition) is 1. The first-order valence-electron chi connectivity index (χ1n) is 6.71. The number of hydrogen-bond acceptors (Lipinski definition) is 4. The Bertz CT molecular complexity index is 858. The van der Waals surface area contributed by atoms with Crippen molar-refractivity contribution in [1.82, 2.24) is 19.7 Å². The molecule has 0 spiro atoms. The number of benzene rings is 1. The second-order valence-corrected chi connectivity index (χ2v) is 5.19. The molecule has 0 bridgehead atoms. The lowest BCUT2D eigenvalue weighted by atomic mass is 10.2. The quantitative estimate of drug-likeness (QED) is 0.795. The number of nitrogens with zero attached hydrogens (tertiary/aromatic N) is 4. The number of nitrogens with one attached hydrogen (secondary N) is 1. The summed E-state index contributed by atoms with van der Waals surface area (Å²) in [6, 6.07) is 6.99. The van der Waals surface area contributed by atoms with Crippen LogP contribution < -0.4 is 5.32 Å². The van der Waals surface area contributed by atoms with Gasteiger partial charge < -0.3 is 9.88 Å². The number of anilines is 1. The first-order valence-corrected chi connectivity index (χ1v) is 7.09. The lowest BCUT2D eigenvalue weighted by Gasteiger charge is -2.08. The van der Waals surface area contributed by atoms with Crippen LogP contribution in [0.5, 0.6) is 0 Å². The maximum atomic E-state index is 14.0. The maximum absolute atomic E-state index is 14.0. The van der Waals surface area contributed by atoms with E-state index in [9.17, 15) is 8.78 Å². The molecule has 3 rings (SSSR count). The maximum Gasteiger partial charge on any atom is 0.184 e. The summed E-state index contributed by atoms with van der Waals surface area (Å²) >= 11 is 6.16. The molecule has 3 aromatic rings. The van der Waals surface area contributed by atoms with Crippen molar-refractivity contribution in [2.24, 2.45) is 7.05 Å². The third kappa shape index (κ3) is 2.63. The van der Waals surface area contributed by atoms with Gasteiger partial charge in [0.2, 0.25) is 0 Å². The highest BCUT2D eigenvalue weighted by molar-refractivity contribution is 6.32. The van der Waals surface area contributed by atoms with Gasteiger partial charge in [-0.3, -0.25) is 0 Å². The van der Waals surface area contributed by atoms with E-state index in [1.807, 2.05) is 0 Å². The van der Waals surface area contributed by atoms with E-state index in [0.717, 1.165) is 0 Å². The Balaban J connectivity index is 2.17. The van der Waals surface area contributed by atoms with E-state index in [2.05, 4.69) is 20.5 Å². The van der Waals surface area contributed by atoms with Gasteiger partial charge in [0.15, 0.2) is 11.6 Å². The van der Waals surface area contributed by atoms with Crippen molar-refractivity contribution in [3.8, 4) is 22.9 Å². The van der Waals surface area contributed by atoms with Crippen LogP contribution in [-0.4, -0.2) is 26.8 Å². The normalized spacial score (nSPS) is 10.8. The van der Waals surface area contributed by atoms with E-state index in [1.165, 1.54) is 22.8 Å². The molecule has 0 aliphatic rings. The van der Waals surface area contributed by atoms with Crippen molar-refractivity contribution in [2.45, 2.75) is 0 Å². The molecular formula is C15H12ClF2N5. The van der Waals surface area contributed by atoms with E-state index in [-0.39, 0.29) is 11.4 Å². The highest BCUT2D eigenvalue weighted by Gasteiger charge is 2.21. The predicted molar refractivity (Wildman–Crippen MR) is 84.1 cm³/mol. The summed E-state index contributed by atoms with van der Waals surface area (Å²) < 4.78 is 29.4. The number of pyridine rings is 1. The summed E-state index contributed by atoms with van der Waals surface area (Å²) in [5, 5.41) is 11.1. The summed E-state index contributed by atoms with van der Waals surface area (Å²) in [5.74, 6) is -0.468. The summed E-state index contributed by atoms with van der Waals surface area (Å²) in [6.45, 7) is 0. The highest BCUT2D eigenvalue weighted by Crippen LogP contribution is 2.30. The molecule has 5 nitrogen and oxygen atoms in total. The van der Waals surface area contributed by atoms with Crippen molar-refractivity contribution < 1.29 is 8.78 Å². The first-order chi connectivity index (χ1) is 11.0. The molecule has 0 aliphatic heterocycles. The zero-order valence-corrected chi connectivity index (χ0v) is 13.1. The van der Waals surface area contributed by atoms with E-state index in [1.54, 1.807) is 26.2 Å². The molecule has 0 saturated carbocycles. The number of aromatic nitrogens is 4. The molecule has 0 unspecified atom stereocenters. The molecule has 0 radical (unpaired) electrons. The molecule has 23 heavy (non-hydrogen) atoms. The topological polar surface area (TPSA) is 55.6 Å². The Morgan fingerprint density at radius 3 is 2.35 bits per heavy atom. The molecule has 118 valence electrons. The average Bonchev–Trinajstić information content (AvgIpc) is 2.89. The summed E-state index contributed by atoms with van der Waals surface area (Å²) in [7, 11) is 3.32. The second-order valence-electron chi connectivity index (χ2n) is 4.78. The Morgan fingerprint density at radius 1 is 1.04 bits per heavy atom. The standard InChI is InChI=1S/C15H12ClF2N5/c1-19-11-7-6-8(16)13(20-11)15-22-21-14(23(15)2)12-9(17)4-3-5-10(12)18/h3-7H,1-2H3,(H,19,20). The zero-order valence-electron chi connectivity index (χ0n) is 12.3. The first kappa shape index (κ1) is 15.4. The minimum Gasteiger partial charge on any atom is -0.373 e. The Kier molecular flexibility index (Phi) is 3.96. The van der Waals surface area contributed by atoms with Crippen molar-refractivity contribution in [3.63, 3.8) is 0 Å². The van der Waals surface area contributed by atoms with Crippen LogP contribution in [0.3, 0.4) is 0 Å². The fourth-order valence-corrected chi connectivity index (χ4v) is 2.39. The van der Waals surface area contributed by atoms with Crippen LogP contribution in [0.1, 0.15) is 0 Å². The molecule has 1 N–H and O–H groups in total. The highest BCUT2D eigenvalue weighted by atomic mass is 35.5. The fraction of sp³-hybridized carbons (Fsp3) is 0.133. The third-order valence-electron chi connectivity index (χ3n) is 3.38. The SMILES string of the molecule is CNc1ccc(Cl)c(-c2nnc(-c3c(F)cccc3F)n2C)n1. The largest absolute Gasteiger partial charge is 0.373 e. The van der Waals surface area contributed by atoms with E-state index in [4.69, 9.17) is 11.6 Å². The molecule has 1 aromatic carbocycles. The van der Waals surface area contributed by atoms with Crippen LogP contribution in [0, 0.1) is 11.6 Å². The minimum atomic E-state index is -0.713. The van der Waals surface area contributed by atoms with Gasteiger partial charge in [-0.05, 0) is 24.3 Å². The Labute approximate surface area is 136 Å². The molecule has 0 atom stereocenters. The summed E-state index contributed by atoms with van der Waals surface area (Å²) in [6.07, 6.45) is 0. The van der Waals surface area contributed by atoms with E-state index >= 15 is 0 Å². The summed E-state index contributed by atoms with van der Waals surface area (Å²) in [5.41, 5.74) is 0.131. The lowest BCUT2D eigenvalue weighted by molar-refractivity contribution is 0.586. The molecule has 0 amide bonds. The van der Waals surface area contributed by atoms with Crippen LogP contribution in [0.15, 0.2) is 30.3 Å². The summed E-state index contributed by atoms with van der Waals surface area (Å²) in [4.78, 5) is 4.32. The molecule has 0 saturated heterocycles. The van der Waals surface area contributed by atoms with Crippen molar-refractivity contribution in [2.75, 3.05) is 12.4 Å². The van der Waals surface area contributed by atoms with Crippen molar-refractivity contribution in [3.05, 3.63) is 47.0 Å². The number of halogens is 3. The van der Waals surface area contributed by atoms with Crippen molar-refractivity contribution in [1.29, 1.82) is 0 Å². The molecule has 2 aromatic heterocycles. The van der Waals surface area contributed by atoms with E-state index in [0.29, 0.717) is 22.4 Å². The number of rotatable bonds is 3. The van der Waals surface area contributed by atoms with Gasteiger partial charge in [-0.15, -0.1) is 10.2 Å². The molecule has 0 fully saturated rings. The third-order valence-corrected chi connectivity index (χ3v) is 3.68. The van der Waals surface area contributed by atoms with Crippen LogP contribution in [0.2, 0.25) is 5.02 Å². The molecule has 2 heterocycles. The Hall–Kier alpha value is -2.54. The zero-order chi connectivity index (χ0) is 16.6. The Morgan fingerprint density at radius 2 is 1.70 bits per heavy atom. The van der Waals surface area contributed by atoms with Gasteiger partial charge in [0.1, 0.15) is 23.1 Å². The van der Waals surface area contributed by atoms with Gasteiger partial charge in [0, 0.05) is 14.1 Å². The van der Waals surface area contributed by atoms with Crippen LogP contribution in [-0.2, 0) is 7.05 Å². The van der Waals surface area contributed by atoms with Gasteiger partial charge in [0.05, 0.1) is 10.6 Å². The van der Waals surface area contributed by atoms with Crippen LogP contribution in [0.4, 0.5) is 14.6 Å². The van der Waals surface area contributed by atoms with Gasteiger partial charge >= 0.3 is 0 Å². The van der Waals surface area contributed by atoms with Gasteiger partial charge in [-0.2, -0.15) is 0 Å². The second kappa shape index (κ2) is 5.92. The molecular weight excluding hydrogens is 324 g/mol. The van der Waals surface area contributed by atoms with Gasteiger partial charge in [-0.25, -0.2) is 13.8 Å². The van der Waals surface area contributed by atoms with Crippen LogP contribution in [0.25, 0.3) is 22.9 Å². The van der Waals surface area contributed by atoms with Gasteiger partial charge in [0.25, 0.3) is 0 Å². The molecule has 8 heteroatoms. The van der Waals surface area contributed by atoms with Crippen LogP contribution >= 0.6 is 11.6 Å². The minimum absolute atomic E-state index is 0.0586. The fourth-order valence-electron chi connectivity index (χ4n) is 2.20. The smallest absolute Gasteiger partial charge is 0.184 e. The molecule has 0 aliphatic carbocycles. The monoisotopic (exact) mass is 335 g/mol. The predicted octanol–water partition coefficient (Wildman–Crippen LogP) is 3.52. The van der Waals surface area contributed by atoms with E-state index < -0.39 is 11.6 Å². The van der Waals surface area contributed by atoms with Gasteiger partial charge in [-0.1, -0.05) is 17.7 Å². The lowest BCUT2D eigenvalue weighted by Crippen LogP contribution is -2.02. The van der Waals surface area contributed by atoms with Crippen molar-refractivity contribution >= 4 is 17.4 Å².